The summed E-state index contributed by atoms with van der Waals surface area (Å²) in [6.07, 6.45) is 2.28. The number of nitrogens with two attached hydrogens (primary N) is 1. The van der Waals surface area contributed by atoms with Gasteiger partial charge in [-0.15, -0.1) is 0 Å². The largest absolute Gasteiger partial charge is 0.393 e. The Hall–Kier alpha value is -0.150. The second kappa shape index (κ2) is 6.55. The van der Waals surface area contributed by atoms with Gasteiger partial charge in [0, 0.05) is 12.5 Å². The molecule has 1 unspecified atom stereocenters. The highest BCUT2D eigenvalue weighted by Gasteiger charge is 2.03. The smallest absolute Gasteiger partial charge is 0.0779 e. The van der Waals surface area contributed by atoms with Gasteiger partial charge in [0.2, 0.25) is 0 Å². The molecule has 0 heterocycles. The maximum atomic E-state index is 5.40. The highest BCUT2D eigenvalue weighted by Crippen LogP contribution is 1.97. The Balaban J connectivity index is 3.17. The average Bonchev–Trinajstić information content (AvgIpc) is 1.97. The van der Waals surface area contributed by atoms with Crippen LogP contribution >= 0.6 is 12.2 Å². The van der Waals surface area contributed by atoms with E-state index in [2.05, 4.69) is 6.92 Å². The Bertz CT molecular complexity index is 117. The van der Waals surface area contributed by atoms with Crippen molar-refractivity contribution in [3.05, 3.63) is 0 Å². The van der Waals surface area contributed by atoms with Crippen LogP contribution in [0.3, 0.4) is 0 Å². The minimum atomic E-state index is 0.210. The Morgan fingerprint density at radius 3 is 2.73 bits per heavy atom. The molecule has 0 saturated carbocycles. The summed E-state index contributed by atoms with van der Waals surface area (Å²) in [5.41, 5.74) is 5.40. The summed E-state index contributed by atoms with van der Waals surface area (Å²) in [6, 6.07) is 0. The lowest BCUT2D eigenvalue weighted by molar-refractivity contribution is 0.119. The Morgan fingerprint density at radius 2 is 2.27 bits per heavy atom. The van der Waals surface area contributed by atoms with Crippen LogP contribution in [0.1, 0.15) is 26.7 Å². The summed E-state index contributed by atoms with van der Waals surface area (Å²) in [7, 11) is 0. The van der Waals surface area contributed by atoms with Crippen molar-refractivity contribution in [1.82, 2.24) is 0 Å². The van der Waals surface area contributed by atoms with E-state index in [-0.39, 0.29) is 5.92 Å². The molecule has 0 bridgehead atoms. The molecule has 0 saturated heterocycles. The van der Waals surface area contributed by atoms with Gasteiger partial charge in [0.15, 0.2) is 0 Å². The molecule has 1 atom stereocenters. The van der Waals surface area contributed by atoms with Crippen LogP contribution < -0.4 is 5.73 Å². The highest BCUT2D eigenvalue weighted by molar-refractivity contribution is 7.80. The molecule has 11 heavy (non-hydrogen) atoms. The fourth-order valence-corrected chi connectivity index (χ4v) is 0.657. The van der Waals surface area contributed by atoms with Gasteiger partial charge < -0.3 is 10.5 Å². The van der Waals surface area contributed by atoms with E-state index in [0.29, 0.717) is 11.6 Å². The molecule has 2 nitrogen and oxygen atoms in total. The maximum Gasteiger partial charge on any atom is 0.0779 e. The summed E-state index contributed by atoms with van der Waals surface area (Å²) >= 11 is 4.79. The van der Waals surface area contributed by atoms with Crippen molar-refractivity contribution in [3.63, 3.8) is 0 Å². The fourth-order valence-electron chi connectivity index (χ4n) is 0.589. The lowest BCUT2D eigenvalue weighted by Gasteiger charge is -2.09. The predicted octanol–water partition coefficient (Wildman–Crippen LogP) is 1.73. The van der Waals surface area contributed by atoms with Crippen LogP contribution in [0, 0.1) is 5.92 Å². The zero-order valence-electron chi connectivity index (χ0n) is 7.30. The number of hydrogen-bond acceptors (Lipinski definition) is 2. The van der Waals surface area contributed by atoms with Crippen LogP contribution in [0.15, 0.2) is 0 Å². The first kappa shape index (κ1) is 10.8. The van der Waals surface area contributed by atoms with E-state index in [9.17, 15) is 0 Å². The van der Waals surface area contributed by atoms with Crippen LogP contribution in [0.25, 0.3) is 0 Å². The van der Waals surface area contributed by atoms with E-state index in [0.717, 1.165) is 13.0 Å². The average molecular weight is 175 g/mol. The molecule has 0 rings (SSSR count). The van der Waals surface area contributed by atoms with Gasteiger partial charge >= 0.3 is 0 Å². The lowest BCUT2D eigenvalue weighted by atomic mass is 10.2. The van der Waals surface area contributed by atoms with Gasteiger partial charge in [-0.1, -0.05) is 32.5 Å². The molecular weight excluding hydrogens is 158 g/mol. The van der Waals surface area contributed by atoms with Gasteiger partial charge in [0.25, 0.3) is 0 Å². The first-order chi connectivity index (χ1) is 5.18. The van der Waals surface area contributed by atoms with Crippen molar-refractivity contribution in [2.24, 2.45) is 11.7 Å². The normalized spacial score (nSPS) is 12.9. The van der Waals surface area contributed by atoms with Gasteiger partial charge in [0.05, 0.1) is 11.6 Å². The van der Waals surface area contributed by atoms with Crippen molar-refractivity contribution < 1.29 is 4.74 Å². The predicted molar refractivity (Wildman–Crippen MR) is 51.7 cm³/mol. The quantitative estimate of drug-likeness (QED) is 0.493. The summed E-state index contributed by atoms with van der Waals surface area (Å²) in [5, 5.41) is 0. The lowest BCUT2D eigenvalue weighted by Crippen LogP contribution is -2.22. The molecule has 0 radical (unpaired) electrons. The van der Waals surface area contributed by atoms with Crippen LogP contribution in [0.2, 0.25) is 0 Å². The van der Waals surface area contributed by atoms with Gasteiger partial charge in [-0.05, 0) is 6.42 Å². The molecule has 0 aromatic rings. The first-order valence-corrected chi connectivity index (χ1v) is 4.46. The van der Waals surface area contributed by atoms with Crippen LogP contribution in [-0.4, -0.2) is 18.2 Å². The number of ether oxygens (including phenoxy) is 1. The second-order valence-electron chi connectivity index (χ2n) is 2.73. The van der Waals surface area contributed by atoms with Crippen LogP contribution in [-0.2, 0) is 4.74 Å². The molecule has 0 aromatic carbocycles. The topological polar surface area (TPSA) is 35.2 Å². The molecule has 0 aliphatic carbocycles. The van der Waals surface area contributed by atoms with E-state index >= 15 is 0 Å². The van der Waals surface area contributed by atoms with Crippen molar-refractivity contribution in [2.45, 2.75) is 26.7 Å². The zero-order valence-corrected chi connectivity index (χ0v) is 8.12. The van der Waals surface area contributed by atoms with E-state index in [1.54, 1.807) is 0 Å². The van der Waals surface area contributed by atoms with Gasteiger partial charge in [-0.25, -0.2) is 0 Å². The summed E-state index contributed by atoms with van der Waals surface area (Å²) < 4.78 is 5.33. The Labute approximate surface area is 74.1 Å². The van der Waals surface area contributed by atoms with Crippen LogP contribution in [0.4, 0.5) is 0 Å². The molecule has 2 N–H and O–H groups in total. The fraction of sp³-hybridized carbons (Fsp3) is 0.875. The van der Waals surface area contributed by atoms with Gasteiger partial charge in [0.1, 0.15) is 0 Å². The number of unbranched alkanes of at least 4 members (excludes halogenated alkanes) is 1. The third kappa shape index (κ3) is 6.26. The van der Waals surface area contributed by atoms with Gasteiger partial charge in [-0.3, -0.25) is 0 Å². The molecule has 0 aromatic heterocycles. The number of rotatable bonds is 6. The summed E-state index contributed by atoms with van der Waals surface area (Å²) in [5.74, 6) is 0.210. The van der Waals surface area contributed by atoms with Gasteiger partial charge in [-0.2, -0.15) is 0 Å². The van der Waals surface area contributed by atoms with E-state index < -0.39 is 0 Å². The Kier molecular flexibility index (Phi) is 6.46. The minimum absolute atomic E-state index is 0.210. The zero-order chi connectivity index (χ0) is 8.69. The third-order valence-corrected chi connectivity index (χ3v) is 1.90. The van der Waals surface area contributed by atoms with E-state index in [1.165, 1.54) is 6.42 Å². The first-order valence-electron chi connectivity index (χ1n) is 4.05. The van der Waals surface area contributed by atoms with Crippen molar-refractivity contribution in [1.29, 1.82) is 0 Å². The van der Waals surface area contributed by atoms with E-state index in [4.69, 9.17) is 22.7 Å². The highest BCUT2D eigenvalue weighted by atomic mass is 32.1. The van der Waals surface area contributed by atoms with Crippen LogP contribution in [0.5, 0.6) is 0 Å². The monoisotopic (exact) mass is 175 g/mol. The standard InChI is InChI=1S/C8H17NOS/c1-3-4-5-10-6-7(2)8(9)11/h7H,3-6H2,1-2H3,(H2,9,11). The molecular formula is C8H17NOS. The molecule has 0 spiro atoms. The number of thiocarbonyl (C=S) groups is 1. The molecule has 0 aliphatic heterocycles. The number of hydrogen-bond donors (Lipinski definition) is 1. The van der Waals surface area contributed by atoms with Crippen molar-refractivity contribution in [2.75, 3.05) is 13.2 Å². The molecule has 66 valence electrons. The van der Waals surface area contributed by atoms with Crippen molar-refractivity contribution in [3.8, 4) is 0 Å². The molecule has 0 aliphatic rings. The van der Waals surface area contributed by atoms with Crippen molar-refractivity contribution >= 4 is 17.2 Å². The Morgan fingerprint density at radius 1 is 1.64 bits per heavy atom. The second-order valence-corrected chi connectivity index (χ2v) is 3.20. The SMILES string of the molecule is CCCCOCC(C)C(N)=S. The third-order valence-electron chi connectivity index (χ3n) is 1.50. The maximum absolute atomic E-state index is 5.40. The molecule has 0 amide bonds. The summed E-state index contributed by atoms with van der Waals surface area (Å²) in [4.78, 5) is 0.543. The molecule has 3 heteroatoms. The summed E-state index contributed by atoms with van der Waals surface area (Å²) in [6.45, 7) is 5.60. The molecule has 0 fully saturated rings. The van der Waals surface area contributed by atoms with E-state index in [1.807, 2.05) is 6.92 Å². The minimum Gasteiger partial charge on any atom is -0.393 e.